The molecule has 0 fully saturated rings. The van der Waals surface area contributed by atoms with Crippen molar-refractivity contribution in [2.45, 2.75) is 0 Å². The number of carbonyl (C=O) groups is 1. The molecule has 0 aliphatic rings. The first-order valence-electron chi connectivity index (χ1n) is 7.69. The SMILES string of the molecule is CN(C)CCOc1ccc(NC(=O)COc2ccc(Br)cc2)cc1Cl. The third kappa shape index (κ3) is 6.94. The lowest BCUT2D eigenvalue weighted by Crippen LogP contribution is -2.20. The van der Waals surface area contributed by atoms with Crippen molar-refractivity contribution in [1.82, 2.24) is 4.90 Å². The van der Waals surface area contributed by atoms with Crippen LogP contribution in [0.15, 0.2) is 46.9 Å². The number of ether oxygens (including phenoxy) is 2. The van der Waals surface area contributed by atoms with E-state index in [4.69, 9.17) is 21.1 Å². The Morgan fingerprint density at radius 2 is 1.88 bits per heavy atom. The number of hydrogen-bond donors (Lipinski definition) is 1. The minimum Gasteiger partial charge on any atom is -0.491 e. The molecule has 0 atom stereocenters. The van der Waals surface area contributed by atoms with Gasteiger partial charge < -0.3 is 19.7 Å². The minimum absolute atomic E-state index is 0.0830. The largest absolute Gasteiger partial charge is 0.491 e. The van der Waals surface area contributed by atoms with E-state index in [9.17, 15) is 4.79 Å². The van der Waals surface area contributed by atoms with E-state index in [-0.39, 0.29) is 12.5 Å². The number of halogens is 2. The van der Waals surface area contributed by atoms with Gasteiger partial charge in [-0.15, -0.1) is 0 Å². The molecule has 0 aliphatic carbocycles. The molecule has 1 N–H and O–H groups in total. The highest BCUT2D eigenvalue weighted by Gasteiger charge is 2.07. The van der Waals surface area contributed by atoms with E-state index in [2.05, 4.69) is 21.2 Å². The number of nitrogens with one attached hydrogen (secondary N) is 1. The highest BCUT2D eigenvalue weighted by Crippen LogP contribution is 2.27. The van der Waals surface area contributed by atoms with E-state index in [0.29, 0.717) is 28.8 Å². The molecule has 7 heteroatoms. The van der Waals surface area contributed by atoms with Gasteiger partial charge in [0.05, 0.1) is 5.02 Å². The quantitative estimate of drug-likeness (QED) is 0.690. The summed E-state index contributed by atoms with van der Waals surface area (Å²) >= 11 is 9.54. The van der Waals surface area contributed by atoms with Gasteiger partial charge in [-0.1, -0.05) is 27.5 Å². The zero-order valence-corrected chi connectivity index (χ0v) is 16.4. The standard InChI is InChI=1S/C18H20BrClN2O3/c1-22(2)9-10-24-17-8-5-14(11-16(17)20)21-18(23)12-25-15-6-3-13(19)4-7-15/h3-8,11H,9-10,12H2,1-2H3,(H,21,23). The maximum Gasteiger partial charge on any atom is 0.262 e. The van der Waals surface area contributed by atoms with Gasteiger partial charge in [0.1, 0.15) is 18.1 Å². The molecule has 0 saturated heterocycles. The maximum absolute atomic E-state index is 12.0. The molecule has 134 valence electrons. The second-order valence-corrected chi connectivity index (χ2v) is 6.91. The monoisotopic (exact) mass is 426 g/mol. The summed E-state index contributed by atoms with van der Waals surface area (Å²) < 4.78 is 12.0. The van der Waals surface area contributed by atoms with Crippen molar-refractivity contribution in [1.29, 1.82) is 0 Å². The molecule has 5 nitrogen and oxygen atoms in total. The van der Waals surface area contributed by atoms with Gasteiger partial charge in [-0.05, 0) is 56.6 Å². The smallest absolute Gasteiger partial charge is 0.262 e. The molecule has 2 aromatic rings. The van der Waals surface area contributed by atoms with E-state index >= 15 is 0 Å². The summed E-state index contributed by atoms with van der Waals surface area (Å²) in [6.07, 6.45) is 0. The Kier molecular flexibility index (Phi) is 7.55. The number of carbonyl (C=O) groups excluding carboxylic acids is 1. The van der Waals surface area contributed by atoms with Crippen molar-refractivity contribution in [3.63, 3.8) is 0 Å². The highest BCUT2D eigenvalue weighted by molar-refractivity contribution is 9.10. The Hall–Kier alpha value is -1.76. The van der Waals surface area contributed by atoms with E-state index in [0.717, 1.165) is 11.0 Å². The molecular weight excluding hydrogens is 408 g/mol. The Morgan fingerprint density at radius 3 is 2.52 bits per heavy atom. The lowest BCUT2D eigenvalue weighted by atomic mass is 10.3. The number of benzene rings is 2. The van der Waals surface area contributed by atoms with E-state index in [1.807, 2.05) is 31.1 Å². The molecule has 2 aromatic carbocycles. The zero-order chi connectivity index (χ0) is 18.2. The van der Waals surface area contributed by atoms with E-state index in [1.54, 1.807) is 30.3 Å². The van der Waals surface area contributed by atoms with Gasteiger partial charge in [0.15, 0.2) is 6.61 Å². The molecule has 0 aromatic heterocycles. The molecule has 0 aliphatic heterocycles. The van der Waals surface area contributed by atoms with Crippen LogP contribution in [0.1, 0.15) is 0 Å². The third-order valence-corrected chi connectivity index (χ3v) is 4.02. The minimum atomic E-state index is -0.264. The number of amides is 1. The molecule has 0 radical (unpaired) electrons. The third-order valence-electron chi connectivity index (χ3n) is 3.20. The van der Waals surface area contributed by atoms with Crippen LogP contribution in [0.3, 0.4) is 0 Å². The van der Waals surface area contributed by atoms with E-state index in [1.165, 1.54) is 0 Å². The fourth-order valence-electron chi connectivity index (χ4n) is 1.91. The van der Waals surface area contributed by atoms with Crippen molar-refractivity contribution in [2.75, 3.05) is 39.2 Å². The van der Waals surface area contributed by atoms with E-state index < -0.39 is 0 Å². The number of hydrogen-bond acceptors (Lipinski definition) is 4. The molecule has 25 heavy (non-hydrogen) atoms. The average molecular weight is 428 g/mol. The van der Waals surface area contributed by atoms with Crippen LogP contribution in [0.5, 0.6) is 11.5 Å². The topological polar surface area (TPSA) is 50.8 Å². The Balaban J connectivity index is 1.83. The lowest BCUT2D eigenvalue weighted by Gasteiger charge is -2.13. The summed E-state index contributed by atoms with van der Waals surface area (Å²) in [5, 5.41) is 3.19. The second kappa shape index (κ2) is 9.65. The van der Waals surface area contributed by atoms with Crippen molar-refractivity contribution in [3.8, 4) is 11.5 Å². The van der Waals surface area contributed by atoms with Gasteiger partial charge in [0.25, 0.3) is 5.91 Å². The van der Waals surface area contributed by atoms with Crippen LogP contribution in [-0.4, -0.2) is 44.7 Å². The van der Waals surface area contributed by atoms with Gasteiger partial charge in [0, 0.05) is 16.7 Å². The van der Waals surface area contributed by atoms with Gasteiger partial charge in [-0.3, -0.25) is 4.79 Å². The van der Waals surface area contributed by atoms with Crippen LogP contribution in [0.4, 0.5) is 5.69 Å². The van der Waals surface area contributed by atoms with Crippen molar-refractivity contribution in [3.05, 3.63) is 52.0 Å². The number of likely N-dealkylation sites (N-methyl/N-ethyl adjacent to an activating group) is 1. The predicted octanol–water partition coefficient (Wildman–Crippen LogP) is 4.06. The first-order chi connectivity index (χ1) is 11.9. The van der Waals surface area contributed by atoms with Gasteiger partial charge in [-0.2, -0.15) is 0 Å². The molecule has 1 amide bonds. The average Bonchev–Trinajstić information content (AvgIpc) is 2.56. The number of nitrogens with zero attached hydrogens (tertiary/aromatic N) is 1. The fraction of sp³-hybridized carbons (Fsp3) is 0.278. The molecule has 0 spiro atoms. The van der Waals surface area contributed by atoms with Crippen LogP contribution < -0.4 is 14.8 Å². The van der Waals surface area contributed by atoms with Gasteiger partial charge in [0.2, 0.25) is 0 Å². The predicted molar refractivity (Wildman–Crippen MR) is 104 cm³/mol. The summed E-state index contributed by atoms with van der Waals surface area (Å²) in [5.41, 5.74) is 0.592. The first kappa shape index (κ1) is 19.6. The highest BCUT2D eigenvalue weighted by atomic mass is 79.9. The lowest BCUT2D eigenvalue weighted by molar-refractivity contribution is -0.118. The van der Waals surface area contributed by atoms with Crippen LogP contribution in [0, 0.1) is 0 Å². The molecule has 0 heterocycles. The molecule has 0 saturated carbocycles. The second-order valence-electron chi connectivity index (χ2n) is 5.59. The summed E-state index contributed by atoms with van der Waals surface area (Å²) in [6, 6.07) is 12.4. The molecule has 0 bridgehead atoms. The Morgan fingerprint density at radius 1 is 1.16 bits per heavy atom. The molecule has 2 rings (SSSR count). The maximum atomic E-state index is 12.0. The summed E-state index contributed by atoms with van der Waals surface area (Å²) in [7, 11) is 3.94. The van der Waals surface area contributed by atoms with Crippen LogP contribution in [0.2, 0.25) is 5.02 Å². The normalized spacial score (nSPS) is 10.6. The molecular formula is C18H20BrClN2O3. The summed E-state index contributed by atoms with van der Waals surface area (Å²) in [5.74, 6) is 0.953. The molecule has 0 unspecified atom stereocenters. The van der Waals surface area contributed by atoms with Crippen molar-refractivity contribution < 1.29 is 14.3 Å². The summed E-state index contributed by atoms with van der Waals surface area (Å²) in [6.45, 7) is 1.25. The fourth-order valence-corrected chi connectivity index (χ4v) is 2.41. The number of anilines is 1. The van der Waals surface area contributed by atoms with Gasteiger partial charge in [-0.25, -0.2) is 0 Å². The Bertz CT molecular complexity index is 708. The van der Waals surface area contributed by atoms with Crippen LogP contribution in [-0.2, 0) is 4.79 Å². The van der Waals surface area contributed by atoms with Crippen molar-refractivity contribution in [2.24, 2.45) is 0 Å². The first-order valence-corrected chi connectivity index (χ1v) is 8.86. The Labute approximate surface area is 161 Å². The van der Waals surface area contributed by atoms with Crippen LogP contribution in [0.25, 0.3) is 0 Å². The zero-order valence-electron chi connectivity index (χ0n) is 14.1. The van der Waals surface area contributed by atoms with Crippen LogP contribution >= 0.6 is 27.5 Å². The number of rotatable bonds is 8. The summed E-state index contributed by atoms with van der Waals surface area (Å²) in [4.78, 5) is 14.0. The van der Waals surface area contributed by atoms with Crippen molar-refractivity contribution >= 4 is 39.1 Å². The van der Waals surface area contributed by atoms with Gasteiger partial charge >= 0.3 is 0 Å².